The summed E-state index contributed by atoms with van der Waals surface area (Å²) < 4.78 is 2.13. The first-order valence-electron chi connectivity index (χ1n) is 4.92. The van der Waals surface area contributed by atoms with E-state index in [2.05, 4.69) is 59.9 Å². The van der Waals surface area contributed by atoms with Crippen molar-refractivity contribution in [2.24, 2.45) is 0 Å². The summed E-state index contributed by atoms with van der Waals surface area (Å²) in [6.45, 7) is 0. The van der Waals surface area contributed by atoms with Crippen LogP contribution in [0.25, 0.3) is 0 Å². The molecule has 0 bridgehead atoms. The highest BCUT2D eigenvalue weighted by molar-refractivity contribution is 9.11. The van der Waals surface area contributed by atoms with E-state index < -0.39 is 0 Å². The Morgan fingerprint density at radius 1 is 1.00 bits per heavy atom. The fraction of sp³-hybridized carbons (Fsp3) is 0.0769. The van der Waals surface area contributed by atoms with Crippen molar-refractivity contribution in [3.63, 3.8) is 0 Å². The van der Waals surface area contributed by atoms with Gasteiger partial charge in [0.25, 0.3) is 0 Å². The monoisotopic (exact) mass is 436 g/mol. The highest BCUT2D eigenvalue weighted by Gasteiger charge is 2.14. The van der Waals surface area contributed by atoms with Crippen LogP contribution in [0.3, 0.4) is 0 Å². The maximum absolute atomic E-state index is 6.01. The molecule has 0 saturated heterocycles. The zero-order valence-corrected chi connectivity index (χ0v) is 14.1. The molecule has 17 heavy (non-hydrogen) atoms. The molecule has 2 rings (SSSR count). The van der Waals surface area contributed by atoms with E-state index in [9.17, 15) is 0 Å². The molecule has 0 aromatic heterocycles. The van der Waals surface area contributed by atoms with Crippen LogP contribution in [0.1, 0.15) is 16.0 Å². The minimum Gasteiger partial charge on any atom is -0.0843 e. The van der Waals surface area contributed by atoms with E-state index in [4.69, 9.17) is 11.6 Å². The van der Waals surface area contributed by atoms with Crippen LogP contribution in [-0.4, -0.2) is 0 Å². The van der Waals surface area contributed by atoms with Gasteiger partial charge < -0.3 is 0 Å². The van der Waals surface area contributed by atoms with Crippen LogP contribution < -0.4 is 0 Å². The lowest BCUT2D eigenvalue weighted by Crippen LogP contribution is -1.94. The summed E-state index contributed by atoms with van der Waals surface area (Å²) in [5.74, 6) is 0. The number of hydrogen-bond donors (Lipinski definition) is 0. The average molecular weight is 439 g/mol. The molecule has 0 spiro atoms. The molecule has 1 atom stereocenters. The first-order chi connectivity index (χ1) is 8.08. The molecule has 88 valence electrons. The summed E-state index contributed by atoms with van der Waals surface area (Å²) >= 11 is 16.8. The third-order valence-electron chi connectivity index (χ3n) is 2.37. The Morgan fingerprint density at radius 3 is 2.47 bits per heavy atom. The van der Waals surface area contributed by atoms with Crippen molar-refractivity contribution in [1.29, 1.82) is 0 Å². The quantitative estimate of drug-likeness (QED) is 0.479. The summed E-state index contributed by atoms with van der Waals surface area (Å²) in [6, 6.07) is 14.0. The highest BCUT2D eigenvalue weighted by Crippen LogP contribution is 2.37. The predicted molar refractivity (Wildman–Crippen MR) is 84.1 cm³/mol. The van der Waals surface area contributed by atoms with E-state index in [0.717, 1.165) is 19.5 Å². The molecule has 0 amide bonds. The van der Waals surface area contributed by atoms with Gasteiger partial charge in [0.15, 0.2) is 0 Å². The van der Waals surface area contributed by atoms with E-state index in [1.165, 1.54) is 5.56 Å². The van der Waals surface area contributed by atoms with Gasteiger partial charge in [0.2, 0.25) is 0 Å². The molecule has 0 aliphatic heterocycles. The Morgan fingerprint density at radius 2 is 1.76 bits per heavy atom. The van der Waals surface area contributed by atoms with Crippen LogP contribution in [-0.2, 0) is 0 Å². The summed E-state index contributed by atoms with van der Waals surface area (Å²) in [7, 11) is 0. The molecule has 0 N–H and O–H groups in total. The summed E-state index contributed by atoms with van der Waals surface area (Å²) in [6.07, 6.45) is 0. The Hall–Kier alpha value is 0.170. The van der Waals surface area contributed by atoms with Gasteiger partial charge in [-0.3, -0.25) is 0 Å². The number of rotatable bonds is 2. The Balaban J connectivity index is 2.43. The van der Waals surface area contributed by atoms with Crippen molar-refractivity contribution >= 4 is 59.4 Å². The van der Waals surface area contributed by atoms with Gasteiger partial charge in [0.05, 0.1) is 4.83 Å². The zero-order valence-electron chi connectivity index (χ0n) is 8.63. The average Bonchev–Trinajstić information content (AvgIpc) is 2.31. The third-order valence-corrected chi connectivity index (χ3v) is 4.84. The SMILES string of the molecule is Clc1cccc(C(Br)c2cc(Br)ccc2Br)c1. The van der Waals surface area contributed by atoms with Crippen LogP contribution in [0.2, 0.25) is 5.02 Å². The maximum Gasteiger partial charge on any atom is 0.0656 e. The Labute approximate surface area is 131 Å². The van der Waals surface area contributed by atoms with E-state index in [-0.39, 0.29) is 4.83 Å². The zero-order chi connectivity index (χ0) is 12.4. The standard InChI is InChI=1S/C13H8Br3Cl/c14-9-4-5-12(15)11(7-9)13(16)8-2-1-3-10(17)6-8/h1-7,13H. The Bertz CT molecular complexity index is 540. The molecule has 2 aromatic carbocycles. The van der Waals surface area contributed by atoms with Crippen LogP contribution in [0.5, 0.6) is 0 Å². The predicted octanol–water partition coefficient (Wildman–Crippen LogP) is 6.35. The number of halogens is 4. The number of benzene rings is 2. The molecule has 0 radical (unpaired) electrons. The highest BCUT2D eigenvalue weighted by atomic mass is 79.9. The van der Waals surface area contributed by atoms with Gasteiger partial charge >= 0.3 is 0 Å². The van der Waals surface area contributed by atoms with Crippen LogP contribution in [0.4, 0.5) is 0 Å². The molecule has 2 aromatic rings. The van der Waals surface area contributed by atoms with Crippen molar-refractivity contribution in [2.75, 3.05) is 0 Å². The summed E-state index contributed by atoms with van der Waals surface area (Å²) in [5.41, 5.74) is 2.30. The molecular formula is C13H8Br3Cl. The number of hydrogen-bond acceptors (Lipinski definition) is 0. The van der Waals surface area contributed by atoms with E-state index in [1.807, 2.05) is 30.3 Å². The molecule has 0 aliphatic carbocycles. The molecule has 0 nitrogen and oxygen atoms in total. The van der Waals surface area contributed by atoms with Gasteiger partial charge in [0, 0.05) is 14.0 Å². The van der Waals surface area contributed by atoms with E-state index in [0.29, 0.717) is 0 Å². The third kappa shape index (κ3) is 3.34. The van der Waals surface area contributed by atoms with Gasteiger partial charge in [-0.1, -0.05) is 71.5 Å². The minimum atomic E-state index is 0.119. The smallest absolute Gasteiger partial charge is 0.0656 e. The van der Waals surface area contributed by atoms with Crippen molar-refractivity contribution in [1.82, 2.24) is 0 Å². The molecule has 0 fully saturated rings. The largest absolute Gasteiger partial charge is 0.0843 e. The lowest BCUT2D eigenvalue weighted by Gasteiger charge is -2.13. The first kappa shape index (κ1) is 13.6. The lowest BCUT2D eigenvalue weighted by atomic mass is 10.1. The first-order valence-corrected chi connectivity index (χ1v) is 7.80. The van der Waals surface area contributed by atoms with Gasteiger partial charge in [-0.25, -0.2) is 0 Å². The van der Waals surface area contributed by atoms with Crippen LogP contribution in [0, 0.1) is 0 Å². The molecule has 0 saturated carbocycles. The van der Waals surface area contributed by atoms with E-state index in [1.54, 1.807) is 0 Å². The van der Waals surface area contributed by atoms with Gasteiger partial charge in [-0.15, -0.1) is 0 Å². The minimum absolute atomic E-state index is 0.119. The fourth-order valence-corrected chi connectivity index (χ4v) is 3.58. The van der Waals surface area contributed by atoms with Crippen molar-refractivity contribution in [3.8, 4) is 0 Å². The molecule has 0 aliphatic rings. The fourth-order valence-electron chi connectivity index (χ4n) is 1.55. The normalized spacial score (nSPS) is 12.5. The van der Waals surface area contributed by atoms with Crippen LogP contribution in [0.15, 0.2) is 51.4 Å². The summed E-state index contributed by atoms with van der Waals surface area (Å²) in [4.78, 5) is 0.119. The maximum atomic E-state index is 6.01. The molecule has 1 unspecified atom stereocenters. The second-order valence-corrected chi connectivity index (χ2v) is 6.71. The number of alkyl halides is 1. The summed E-state index contributed by atoms with van der Waals surface area (Å²) in [5, 5.41) is 0.748. The molecule has 0 heterocycles. The second kappa shape index (κ2) is 5.87. The van der Waals surface area contributed by atoms with Gasteiger partial charge in [0.1, 0.15) is 0 Å². The van der Waals surface area contributed by atoms with Crippen molar-refractivity contribution in [2.45, 2.75) is 4.83 Å². The van der Waals surface area contributed by atoms with Gasteiger partial charge in [-0.05, 0) is 41.5 Å². The molecular weight excluding hydrogens is 431 g/mol. The van der Waals surface area contributed by atoms with Crippen molar-refractivity contribution in [3.05, 3.63) is 67.6 Å². The Kier molecular flexibility index (Phi) is 4.70. The molecule has 4 heteroatoms. The van der Waals surface area contributed by atoms with Crippen molar-refractivity contribution < 1.29 is 0 Å². The topological polar surface area (TPSA) is 0 Å². The van der Waals surface area contributed by atoms with E-state index >= 15 is 0 Å². The second-order valence-electron chi connectivity index (χ2n) is 3.58. The van der Waals surface area contributed by atoms with Crippen LogP contribution >= 0.6 is 59.4 Å². The lowest BCUT2D eigenvalue weighted by molar-refractivity contribution is 1.16. The van der Waals surface area contributed by atoms with Gasteiger partial charge in [-0.2, -0.15) is 0 Å².